The Morgan fingerprint density at radius 2 is 1.92 bits per heavy atom. The zero-order valence-corrected chi connectivity index (χ0v) is 14.0. The van der Waals surface area contributed by atoms with Crippen LogP contribution in [0.3, 0.4) is 0 Å². The first-order valence-corrected chi connectivity index (χ1v) is 8.08. The number of hydrogen-bond acceptors (Lipinski definition) is 10. The predicted octanol–water partition coefficient (Wildman–Crippen LogP) is -1.99. The summed E-state index contributed by atoms with van der Waals surface area (Å²) in [7, 11) is 0. The Balaban J connectivity index is 2.04. The van der Waals surface area contributed by atoms with Crippen LogP contribution in [0.1, 0.15) is 6.42 Å². The molecule has 4 atom stereocenters. The van der Waals surface area contributed by atoms with Gasteiger partial charge in [-0.25, -0.2) is 5.53 Å². The SMILES string of the molecule is N=NCCOCCOCCNC(=O)CO[C@@H]1O[C@H](CO)[C@@H](O)C[C@H]1O. The minimum Gasteiger partial charge on any atom is -0.394 e. The van der Waals surface area contributed by atoms with Gasteiger partial charge in [-0.05, 0) is 0 Å². The molecule has 25 heavy (non-hydrogen) atoms. The van der Waals surface area contributed by atoms with Crippen LogP contribution in [0.4, 0.5) is 0 Å². The minimum absolute atomic E-state index is 0.00328. The van der Waals surface area contributed by atoms with Crippen LogP contribution in [0, 0.1) is 5.53 Å². The molecule has 11 heteroatoms. The number of ether oxygens (including phenoxy) is 4. The second-order valence-corrected chi connectivity index (χ2v) is 5.36. The molecule has 1 aliphatic rings. The number of nitrogens with zero attached hydrogens (tertiary/aromatic N) is 1. The van der Waals surface area contributed by atoms with Gasteiger partial charge in [-0.2, -0.15) is 5.11 Å². The Morgan fingerprint density at radius 1 is 1.20 bits per heavy atom. The molecule has 0 aromatic heterocycles. The Hall–Kier alpha value is -1.21. The summed E-state index contributed by atoms with van der Waals surface area (Å²) < 4.78 is 20.7. The lowest BCUT2D eigenvalue weighted by Gasteiger charge is -2.35. The van der Waals surface area contributed by atoms with Crippen molar-refractivity contribution in [2.24, 2.45) is 5.11 Å². The smallest absolute Gasteiger partial charge is 0.246 e. The van der Waals surface area contributed by atoms with E-state index in [1.165, 1.54) is 0 Å². The zero-order valence-electron chi connectivity index (χ0n) is 14.0. The number of hydrogen-bond donors (Lipinski definition) is 5. The maximum absolute atomic E-state index is 11.6. The highest BCUT2D eigenvalue weighted by molar-refractivity contribution is 5.77. The Bertz CT molecular complexity index is 387. The second-order valence-electron chi connectivity index (χ2n) is 5.36. The van der Waals surface area contributed by atoms with Crippen LogP contribution in [0.2, 0.25) is 0 Å². The van der Waals surface area contributed by atoms with Crippen LogP contribution in [-0.4, -0.2) is 98.6 Å². The molecule has 1 heterocycles. The largest absolute Gasteiger partial charge is 0.394 e. The predicted molar refractivity (Wildman–Crippen MR) is 83.0 cm³/mol. The number of carbonyl (C=O) groups is 1. The Labute approximate surface area is 145 Å². The Kier molecular flexibility index (Phi) is 11.4. The van der Waals surface area contributed by atoms with Crippen molar-refractivity contribution in [3.05, 3.63) is 0 Å². The molecular formula is C14H27N3O8. The van der Waals surface area contributed by atoms with E-state index >= 15 is 0 Å². The fraction of sp³-hybridized carbons (Fsp3) is 0.929. The minimum atomic E-state index is -1.07. The molecule has 0 saturated carbocycles. The summed E-state index contributed by atoms with van der Waals surface area (Å²) in [5, 5.41) is 34.1. The van der Waals surface area contributed by atoms with Gasteiger partial charge >= 0.3 is 0 Å². The molecule has 0 spiro atoms. The van der Waals surface area contributed by atoms with E-state index in [2.05, 4.69) is 10.4 Å². The number of aliphatic hydroxyl groups excluding tert-OH is 3. The first-order valence-electron chi connectivity index (χ1n) is 8.08. The third-order valence-corrected chi connectivity index (χ3v) is 3.38. The molecule has 5 N–H and O–H groups in total. The third kappa shape index (κ3) is 9.16. The molecule has 1 amide bonds. The van der Waals surface area contributed by atoms with Gasteiger partial charge in [0.05, 0.1) is 45.7 Å². The van der Waals surface area contributed by atoms with E-state index in [0.717, 1.165) is 0 Å². The van der Waals surface area contributed by atoms with Crippen molar-refractivity contribution >= 4 is 5.91 Å². The van der Waals surface area contributed by atoms with Crippen molar-refractivity contribution in [1.29, 1.82) is 5.53 Å². The third-order valence-electron chi connectivity index (χ3n) is 3.38. The van der Waals surface area contributed by atoms with Crippen LogP contribution in [0.15, 0.2) is 5.11 Å². The topological polar surface area (TPSA) is 163 Å². The van der Waals surface area contributed by atoms with Crippen molar-refractivity contribution < 1.29 is 39.1 Å². The van der Waals surface area contributed by atoms with Crippen LogP contribution in [-0.2, 0) is 23.7 Å². The summed E-state index contributed by atoms with van der Waals surface area (Å²) >= 11 is 0. The highest BCUT2D eigenvalue weighted by Gasteiger charge is 2.36. The van der Waals surface area contributed by atoms with Gasteiger partial charge in [-0.15, -0.1) is 0 Å². The molecule has 1 rings (SSSR count). The van der Waals surface area contributed by atoms with E-state index in [0.29, 0.717) is 33.0 Å². The summed E-state index contributed by atoms with van der Waals surface area (Å²) in [6, 6.07) is 0. The van der Waals surface area contributed by atoms with Gasteiger partial charge in [-0.3, -0.25) is 4.79 Å². The maximum atomic E-state index is 11.6. The highest BCUT2D eigenvalue weighted by Crippen LogP contribution is 2.20. The molecule has 1 saturated heterocycles. The lowest BCUT2D eigenvalue weighted by Crippen LogP contribution is -2.50. The molecule has 146 valence electrons. The van der Waals surface area contributed by atoms with E-state index in [1.807, 2.05) is 0 Å². The molecule has 11 nitrogen and oxygen atoms in total. The molecule has 0 bridgehead atoms. The summed E-state index contributed by atoms with van der Waals surface area (Å²) in [4.78, 5) is 11.6. The van der Waals surface area contributed by atoms with Gasteiger partial charge in [0.2, 0.25) is 5.91 Å². The average molecular weight is 365 g/mol. The second kappa shape index (κ2) is 13.1. The van der Waals surface area contributed by atoms with Crippen molar-refractivity contribution in [3.63, 3.8) is 0 Å². The van der Waals surface area contributed by atoms with E-state index in [1.54, 1.807) is 0 Å². The molecule has 0 aliphatic carbocycles. The van der Waals surface area contributed by atoms with Gasteiger partial charge in [-0.1, -0.05) is 0 Å². The summed E-state index contributed by atoms with van der Waals surface area (Å²) in [6.07, 6.45) is -3.96. The van der Waals surface area contributed by atoms with Crippen LogP contribution in [0.5, 0.6) is 0 Å². The number of carbonyl (C=O) groups excluding carboxylic acids is 1. The molecule has 1 fully saturated rings. The fourth-order valence-electron chi connectivity index (χ4n) is 2.08. The van der Waals surface area contributed by atoms with Crippen LogP contribution >= 0.6 is 0 Å². The van der Waals surface area contributed by atoms with E-state index in [-0.39, 0.29) is 19.6 Å². The molecule has 0 radical (unpaired) electrons. The maximum Gasteiger partial charge on any atom is 0.246 e. The quantitative estimate of drug-likeness (QED) is 0.185. The molecular weight excluding hydrogens is 338 g/mol. The van der Waals surface area contributed by atoms with Crippen LogP contribution < -0.4 is 5.32 Å². The highest BCUT2D eigenvalue weighted by atomic mass is 16.7. The first-order chi connectivity index (χ1) is 12.1. The van der Waals surface area contributed by atoms with Gasteiger partial charge in [0, 0.05) is 13.0 Å². The molecule has 1 aliphatic heterocycles. The normalized spacial score (nSPS) is 26.4. The lowest BCUT2D eigenvalue weighted by atomic mass is 10.0. The van der Waals surface area contributed by atoms with Gasteiger partial charge in [0.1, 0.15) is 18.8 Å². The van der Waals surface area contributed by atoms with Gasteiger partial charge in [0.25, 0.3) is 0 Å². The number of amides is 1. The number of nitrogens with one attached hydrogen (secondary N) is 2. The standard InChI is InChI=1S/C14H27N3O8/c15-17-2-4-23-6-5-22-3-1-16-13(21)9-24-14-11(20)7-10(19)12(8-18)25-14/h10-12,14-15,18-20H,1-9H2,(H,16,21)/t10-,11+,12+,14+/m0/s1. The summed E-state index contributed by atoms with van der Waals surface area (Å²) in [5.41, 5.74) is 6.57. The average Bonchev–Trinajstić information content (AvgIpc) is 2.59. The zero-order chi connectivity index (χ0) is 18.5. The summed E-state index contributed by atoms with van der Waals surface area (Å²) in [6.45, 7) is 1.33. The van der Waals surface area contributed by atoms with Crippen LogP contribution in [0.25, 0.3) is 0 Å². The van der Waals surface area contributed by atoms with E-state index in [4.69, 9.17) is 29.6 Å². The number of rotatable bonds is 13. The first kappa shape index (κ1) is 21.8. The Morgan fingerprint density at radius 3 is 2.60 bits per heavy atom. The molecule has 0 aromatic rings. The number of aliphatic hydroxyl groups is 3. The monoisotopic (exact) mass is 365 g/mol. The fourth-order valence-corrected chi connectivity index (χ4v) is 2.08. The van der Waals surface area contributed by atoms with Crippen molar-refractivity contribution in [2.45, 2.75) is 31.0 Å². The van der Waals surface area contributed by atoms with Gasteiger partial charge < -0.3 is 39.6 Å². The van der Waals surface area contributed by atoms with Crippen molar-refractivity contribution in [3.8, 4) is 0 Å². The molecule has 0 unspecified atom stereocenters. The van der Waals surface area contributed by atoms with Gasteiger partial charge in [0.15, 0.2) is 6.29 Å². The van der Waals surface area contributed by atoms with Crippen molar-refractivity contribution in [2.75, 3.05) is 52.7 Å². The lowest BCUT2D eigenvalue weighted by molar-refractivity contribution is -0.268. The van der Waals surface area contributed by atoms with Crippen molar-refractivity contribution in [1.82, 2.24) is 5.32 Å². The van der Waals surface area contributed by atoms with E-state index in [9.17, 15) is 15.0 Å². The van der Waals surface area contributed by atoms with E-state index < -0.39 is 37.1 Å². The summed E-state index contributed by atoms with van der Waals surface area (Å²) in [5.74, 6) is -0.403. The molecule has 0 aromatic carbocycles.